The van der Waals surface area contributed by atoms with Crippen LogP contribution in [0.1, 0.15) is 36.3 Å². The van der Waals surface area contributed by atoms with Crippen molar-refractivity contribution in [3.8, 4) is 0 Å². The van der Waals surface area contributed by atoms with E-state index < -0.39 is 5.60 Å². The van der Waals surface area contributed by atoms with Gasteiger partial charge in [-0.25, -0.2) is 9.78 Å². The first-order valence-corrected chi connectivity index (χ1v) is 8.87. The second-order valence-corrected chi connectivity index (χ2v) is 8.19. The summed E-state index contributed by atoms with van der Waals surface area (Å²) in [6.07, 6.45) is -0.266. The Morgan fingerprint density at radius 2 is 2.08 bits per heavy atom. The molecule has 0 spiro atoms. The molecule has 1 fully saturated rings. The maximum Gasteiger partial charge on any atom is 0.410 e. The van der Waals surface area contributed by atoms with Gasteiger partial charge >= 0.3 is 6.09 Å². The Bertz CT molecular complexity index is 595. The molecule has 1 aliphatic heterocycles. The SMILES string of the molecule is CN=C(NCc1nc(C)c(C)s1)NC1CN(C(=O)OC(C)(C)C)C1. The zero-order valence-electron chi connectivity index (χ0n) is 15.3. The van der Waals surface area contributed by atoms with Crippen LogP contribution < -0.4 is 10.6 Å². The zero-order valence-corrected chi connectivity index (χ0v) is 16.1. The molecule has 1 saturated heterocycles. The van der Waals surface area contributed by atoms with E-state index in [1.807, 2.05) is 27.7 Å². The van der Waals surface area contributed by atoms with E-state index in [0.29, 0.717) is 25.6 Å². The molecule has 0 aliphatic carbocycles. The molecule has 1 amide bonds. The van der Waals surface area contributed by atoms with Crippen molar-refractivity contribution in [1.29, 1.82) is 0 Å². The monoisotopic (exact) mass is 353 g/mol. The third-order valence-electron chi connectivity index (χ3n) is 3.58. The van der Waals surface area contributed by atoms with Crippen LogP contribution in [0, 0.1) is 13.8 Å². The summed E-state index contributed by atoms with van der Waals surface area (Å²) in [5.41, 5.74) is 0.615. The number of likely N-dealkylation sites (tertiary alicyclic amines) is 1. The van der Waals surface area contributed by atoms with Gasteiger partial charge < -0.3 is 20.3 Å². The number of thiazole rings is 1. The van der Waals surface area contributed by atoms with E-state index in [9.17, 15) is 4.79 Å². The van der Waals surface area contributed by atoms with Crippen LogP contribution in [0.4, 0.5) is 4.79 Å². The molecule has 0 aromatic carbocycles. The smallest absolute Gasteiger partial charge is 0.410 e. The summed E-state index contributed by atoms with van der Waals surface area (Å²) in [6, 6.07) is 0.184. The molecule has 8 heteroatoms. The van der Waals surface area contributed by atoms with E-state index in [1.54, 1.807) is 23.3 Å². The number of aliphatic imine (C=N–C) groups is 1. The zero-order chi connectivity index (χ0) is 17.9. The maximum absolute atomic E-state index is 11.9. The summed E-state index contributed by atoms with van der Waals surface area (Å²) >= 11 is 1.69. The van der Waals surface area contributed by atoms with Gasteiger partial charge in [0.05, 0.1) is 18.3 Å². The van der Waals surface area contributed by atoms with Crippen molar-refractivity contribution in [2.45, 2.75) is 52.8 Å². The molecule has 1 aromatic heterocycles. The van der Waals surface area contributed by atoms with Crippen molar-refractivity contribution in [2.75, 3.05) is 20.1 Å². The molecule has 0 saturated carbocycles. The van der Waals surface area contributed by atoms with E-state index in [2.05, 4.69) is 27.5 Å². The largest absolute Gasteiger partial charge is 0.444 e. The first-order valence-electron chi connectivity index (χ1n) is 8.06. The summed E-state index contributed by atoms with van der Waals surface area (Å²) < 4.78 is 5.35. The van der Waals surface area contributed by atoms with Crippen LogP contribution in [-0.4, -0.2) is 53.7 Å². The first-order chi connectivity index (χ1) is 11.2. The number of carbonyl (C=O) groups is 1. The predicted molar refractivity (Wildman–Crippen MR) is 96.5 cm³/mol. The van der Waals surface area contributed by atoms with E-state index >= 15 is 0 Å². The molecule has 0 bridgehead atoms. The fraction of sp³-hybridized carbons (Fsp3) is 0.688. The van der Waals surface area contributed by atoms with Crippen LogP contribution in [-0.2, 0) is 11.3 Å². The van der Waals surface area contributed by atoms with E-state index in [-0.39, 0.29) is 12.1 Å². The van der Waals surface area contributed by atoms with E-state index in [0.717, 1.165) is 10.7 Å². The number of ether oxygens (including phenoxy) is 1. The molecule has 7 nitrogen and oxygen atoms in total. The molecule has 0 radical (unpaired) electrons. The number of rotatable bonds is 3. The van der Waals surface area contributed by atoms with Crippen LogP contribution in [0.3, 0.4) is 0 Å². The fourth-order valence-corrected chi connectivity index (χ4v) is 3.08. The Morgan fingerprint density at radius 1 is 1.42 bits per heavy atom. The highest BCUT2D eigenvalue weighted by Gasteiger charge is 2.34. The van der Waals surface area contributed by atoms with Gasteiger partial charge in [-0.3, -0.25) is 4.99 Å². The lowest BCUT2D eigenvalue weighted by atomic mass is 10.1. The molecule has 24 heavy (non-hydrogen) atoms. The molecule has 1 aliphatic rings. The average Bonchev–Trinajstić information content (AvgIpc) is 2.73. The van der Waals surface area contributed by atoms with Gasteiger partial charge in [-0.2, -0.15) is 0 Å². The lowest BCUT2D eigenvalue weighted by molar-refractivity contribution is 0.00701. The summed E-state index contributed by atoms with van der Waals surface area (Å²) in [6.45, 7) is 11.6. The first kappa shape index (κ1) is 18.5. The number of guanidine groups is 1. The quantitative estimate of drug-likeness (QED) is 0.642. The van der Waals surface area contributed by atoms with Crippen molar-refractivity contribution in [1.82, 2.24) is 20.5 Å². The van der Waals surface area contributed by atoms with Crippen LogP contribution in [0.2, 0.25) is 0 Å². The van der Waals surface area contributed by atoms with Crippen LogP contribution in [0.25, 0.3) is 0 Å². The minimum atomic E-state index is -0.461. The molecule has 0 atom stereocenters. The second kappa shape index (κ2) is 7.38. The normalized spacial score (nSPS) is 15.9. The average molecular weight is 353 g/mol. The number of nitrogens with one attached hydrogen (secondary N) is 2. The van der Waals surface area contributed by atoms with Crippen molar-refractivity contribution < 1.29 is 9.53 Å². The summed E-state index contributed by atoms with van der Waals surface area (Å²) in [5, 5.41) is 7.61. The van der Waals surface area contributed by atoms with Crippen molar-refractivity contribution in [3.63, 3.8) is 0 Å². The van der Waals surface area contributed by atoms with Gasteiger partial charge in [0, 0.05) is 25.0 Å². The lowest BCUT2D eigenvalue weighted by Gasteiger charge is -2.40. The van der Waals surface area contributed by atoms with Gasteiger partial charge in [-0.05, 0) is 34.6 Å². The summed E-state index contributed by atoms with van der Waals surface area (Å²) in [5.74, 6) is 0.717. The highest BCUT2D eigenvalue weighted by atomic mass is 32.1. The Kier molecular flexibility index (Phi) is 5.69. The molecule has 0 unspecified atom stereocenters. The fourth-order valence-electron chi connectivity index (χ4n) is 2.21. The predicted octanol–water partition coefficient (Wildman–Crippen LogP) is 2.04. The summed E-state index contributed by atoms with van der Waals surface area (Å²) in [4.78, 5) is 23.6. The highest BCUT2D eigenvalue weighted by Crippen LogP contribution is 2.16. The van der Waals surface area contributed by atoms with Gasteiger partial charge in [0.2, 0.25) is 0 Å². The number of hydrogen-bond donors (Lipinski definition) is 2. The van der Waals surface area contributed by atoms with E-state index in [1.165, 1.54) is 4.88 Å². The number of carbonyl (C=O) groups excluding carboxylic acids is 1. The lowest BCUT2D eigenvalue weighted by Crippen LogP contribution is -2.63. The topological polar surface area (TPSA) is 78.9 Å². The van der Waals surface area contributed by atoms with Crippen LogP contribution >= 0.6 is 11.3 Å². The molecule has 2 heterocycles. The second-order valence-electron chi connectivity index (χ2n) is 6.90. The van der Waals surface area contributed by atoms with Crippen LogP contribution in [0.15, 0.2) is 4.99 Å². The van der Waals surface area contributed by atoms with Crippen LogP contribution in [0.5, 0.6) is 0 Å². The van der Waals surface area contributed by atoms with Gasteiger partial charge in [-0.1, -0.05) is 0 Å². The Hall–Kier alpha value is -1.83. The Balaban J connectivity index is 1.74. The molecular formula is C16H27N5O2S. The number of hydrogen-bond acceptors (Lipinski definition) is 5. The van der Waals surface area contributed by atoms with Crippen molar-refractivity contribution in [3.05, 3.63) is 15.6 Å². The number of amides is 1. The Morgan fingerprint density at radius 3 is 2.58 bits per heavy atom. The van der Waals surface area contributed by atoms with Gasteiger partial charge in [0.15, 0.2) is 5.96 Å². The van der Waals surface area contributed by atoms with E-state index in [4.69, 9.17) is 4.74 Å². The minimum Gasteiger partial charge on any atom is -0.444 e. The molecule has 134 valence electrons. The Labute approximate surface area is 147 Å². The number of aryl methyl sites for hydroxylation is 2. The molecule has 2 N–H and O–H groups in total. The minimum absolute atomic E-state index is 0.184. The van der Waals surface area contributed by atoms with Crippen molar-refractivity contribution in [2.24, 2.45) is 4.99 Å². The summed E-state index contributed by atoms with van der Waals surface area (Å²) in [7, 11) is 1.73. The van der Waals surface area contributed by atoms with Gasteiger partial charge in [0.25, 0.3) is 0 Å². The van der Waals surface area contributed by atoms with Crippen molar-refractivity contribution >= 4 is 23.4 Å². The number of aromatic nitrogens is 1. The molecule has 2 rings (SSSR count). The highest BCUT2D eigenvalue weighted by molar-refractivity contribution is 7.11. The number of nitrogens with zero attached hydrogens (tertiary/aromatic N) is 3. The molecule has 1 aromatic rings. The van der Waals surface area contributed by atoms with Gasteiger partial charge in [0.1, 0.15) is 10.6 Å². The third-order valence-corrected chi connectivity index (χ3v) is 4.65. The third kappa shape index (κ3) is 5.09. The standard InChI is InChI=1S/C16H27N5O2S/c1-10-11(2)24-13(19-10)7-18-14(17-6)20-12-8-21(9-12)15(22)23-16(3,4)5/h12H,7-9H2,1-6H3,(H2,17,18,20). The van der Waals surface area contributed by atoms with Gasteiger partial charge in [-0.15, -0.1) is 11.3 Å². The maximum atomic E-state index is 11.9. The molecular weight excluding hydrogens is 326 g/mol.